The van der Waals surface area contributed by atoms with E-state index in [0.29, 0.717) is 33.7 Å². The Bertz CT molecular complexity index is 1750. The second-order valence-electron chi connectivity index (χ2n) is 8.87. The van der Waals surface area contributed by atoms with E-state index in [1.54, 1.807) is 69.3 Å². The van der Waals surface area contributed by atoms with Gasteiger partial charge < -0.3 is 4.74 Å². The zero-order valence-electron chi connectivity index (χ0n) is 18.3. The number of pyridine rings is 2. The lowest BCUT2D eigenvalue weighted by molar-refractivity contribution is 0.0551. The molecule has 0 aliphatic carbocycles. The molecular weight excluding hydrogens is 420 g/mol. The topological polar surface area (TPSA) is 87.4 Å². The van der Waals surface area contributed by atoms with Gasteiger partial charge in [0.05, 0.1) is 22.1 Å². The molecule has 0 spiro atoms. The minimum Gasteiger partial charge on any atom is -0.443 e. The first-order valence-electron chi connectivity index (χ1n) is 10.4. The SMILES string of the molecule is CC(C)(C)OC(=O)n1c2ccccc2c(=O)c2cc3c(cc21)c(=O)c1ccccc1n3C=O. The maximum absolute atomic E-state index is 13.4. The largest absolute Gasteiger partial charge is 0.443 e. The Morgan fingerprint density at radius 3 is 1.88 bits per heavy atom. The van der Waals surface area contributed by atoms with E-state index >= 15 is 0 Å². The second-order valence-corrected chi connectivity index (χ2v) is 8.87. The molecule has 0 aliphatic heterocycles. The Labute approximate surface area is 187 Å². The predicted octanol–water partition coefficient (Wildman–Crippen LogP) is 4.44. The van der Waals surface area contributed by atoms with E-state index in [-0.39, 0.29) is 27.1 Å². The molecule has 5 aromatic rings. The number of hydrogen-bond donors (Lipinski definition) is 0. The Hall–Kier alpha value is -4.26. The van der Waals surface area contributed by atoms with Crippen molar-refractivity contribution in [2.75, 3.05) is 0 Å². The molecule has 0 atom stereocenters. The van der Waals surface area contributed by atoms with Gasteiger partial charge in [-0.1, -0.05) is 24.3 Å². The molecule has 7 nitrogen and oxygen atoms in total. The number of nitrogens with zero attached hydrogens (tertiary/aromatic N) is 2. The van der Waals surface area contributed by atoms with Crippen LogP contribution in [-0.4, -0.2) is 27.2 Å². The third-order valence-electron chi connectivity index (χ3n) is 5.58. The van der Waals surface area contributed by atoms with E-state index in [4.69, 9.17) is 4.74 Å². The number of hydrogen-bond acceptors (Lipinski definition) is 5. The summed E-state index contributed by atoms with van der Waals surface area (Å²) >= 11 is 0. The van der Waals surface area contributed by atoms with Gasteiger partial charge in [0.25, 0.3) is 0 Å². The summed E-state index contributed by atoms with van der Waals surface area (Å²) in [6.07, 6.45) is -0.0526. The maximum Gasteiger partial charge on any atom is 0.419 e. The van der Waals surface area contributed by atoms with E-state index < -0.39 is 11.7 Å². The lowest BCUT2D eigenvalue weighted by Crippen LogP contribution is -2.28. The first-order valence-corrected chi connectivity index (χ1v) is 10.4. The van der Waals surface area contributed by atoms with Crippen molar-refractivity contribution in [2.45, 2.75) is 26.4 Å². The van der Waals surface area contributed by atoms with Gasteiger partial charge in [0.15, 0.2) is 10.9 Å². The van der Waals surface area contributed by atoms with Crippen LogP contribution >= 0.6 is 0 Å². The maximum atomic E-state index is 13.4. The number of carbonyl (C=O) groups excluding carboxylic acids is 2. The fraction of sp³-hybridized carbons (Fsp3) is 0.154. The molecule has 3 aromatic carbocycles. The van der Waals surface area contributed by atoms with E-state index in [0.717, 1.165) is 0 Å². The smallest absolute Gasteiger partial charge is 0.419 e. The van der Waals surface area contributed by atoms with E-state index in [1.807, 2.05) is 0 Å². The molecule has 0 unspecified atom stereocenters. The monoisotopic (exact) mass is 440 g/mol. The summed E-state index contributed by atoms with van der Waals surface area (Å²) < 4.78 is 8.28. The summed E-state index contributed by atoms with van der Waals surface area (Å²) in [6, 6.07) is 16.5. The van der Waals surface area contributed by atoms with Gasteiger partial charge in [-0.15, -0.1) is 0 Å². The summed E-state index contributed by atoms with van der Waals surface area (Å²) in [4.78, 5) is 52.0. The molecule has 0 fully saturated rings. The Kier molecular flexibility index (Phi) is 4.46. The molecule has 5 rings (SSSR count). The van der Waals surface area contributed by atoms with Gasteiger partial charge in [0.2, 0.25) is 6.41 Å². The summed E-state index contributed by atoms with van der Waals surface area (Å²) in [6.45, 7) is 5.26. The van der Waals surface area contributed by atoms with Gasteiger partial charge in [-0.05, 0) is 57.2 Å². The first kappa shape index (κ1) is 20.6. The van der Waals surface area contributed by atoms with Crippen LogP contribution in [0, 0.1) is 0 Å². The highest BCUT2D eigenvalue weighted by atomic mass is 16.6. The number of para-hydroxylation sites is 2. The lowest BCUT2D eigenvalue weighted by Gasteiger charge is -2.22. The average Bonchev–Trinajstić information content (AvgIpc) is 2.78. The zero-order valence-corrected chi connectivity index (χ0v) is 18.3. The molecule has 0 N–H and O–H groups in total. The van der Waals surface area contributed by atoms with Crippen LogP contribution in [0.15, 0.2) is 70.3 Å². The highest BCUT2D eigenvalue weighted by Gasteiger charge is 2.23. The van der Waals surface area contributed by atoms with Crippen molar-refractivity contribution in [1.82, 2.24) is 9.13 Å². The molecule has 2 aromatic heterocycles. The van der Waals surface area contributed by atoms with Crippen LogP contribution in [0.4, 0.5) is 4.79 Å². The van der Waals surface area contributed by atoms with Crippen LogP contribution in [0.5, 0.6) is 0 Å². The summed E-state index contributed by atoms with van der Waals surface area (Å²) in [5.74, 6) is 0. The average molecular weight is 440 g/mol. The molecule has 0 aliphatic rings. The molecule has 0 amide bonds. The number of rotatable bonds is 1. The summed E-state index contributed by atoms with van der Waals surface area (Å²) in [5.41, 5.74) is -0.0186. The quantitative estimate of drug-likeness (QED) is 0.284. The predicted molar refractivity (Wildman–Crippen MR) is 129 cm³/mol. The Morgan fingerprint density at radius 1 is 0.758 bits per heavy atom. The fourth-order valence-electron chi connectivity index (χ4n) is 4.23. The van der Waals surface area contributed by atoms with E-state index in [2.05, 4.69) is 0 Å². The van der Waals surface area contributed by atoms with Crippen LogP contribution < -0.4 is 10.9 Å². The van der Waals surface area contributed by atoms with Crippen molar-refractivity contribution in [3.63, 3.8) is 0 Å². The fourth-order valence-corrected chi connectivity index (χ4v) is 4.23. The molecule has 7 heteroatoms. The molecule has 0 bridgehead atoms. The molecule has 0 saturated heterocycles. The second kappa shape index (κ2) is 7.13. The molecule has 2 heterocycles. The first-order chi connectivity index (χ1) is 15.7. The minimum atomic E-state index is -0.773. The number of carbonyl (C=O) groups is 2. The molecule has 0 saturated carbocycles. The highest BCUT2D eigenvalue weighted by molar-refractivity contribution is 6.08. The van der Waals surface area contributed by atoms with Gasteiger partial charge in [-0.3, -0.25) is 19.0 Å². The van der Waals surface area contributed by atoms with Gasteiger partial charge in [-0.25, -0.2) is 9.36 Å². The normalized spacial score (nSPS) is 12.0. The third kappa shape index (κ3) is 3.12. The number of benzene rings is 3. The molecular formula is C26H20N2O5. The highest BCUT2D eigenvalue weighted by Crippen LogP contribution is 2.26. The van der Waals surface area contributed by atoms with E-state index in [1.165, 1.54) is 21.3 Å². The van der Waals surface area contributed by atoms with Crippen molar-refractivity contribution in [3.8, 4) is 0 Å². The number of fused-ring (bicyclic) bond motifs is 4. The van der Waals surface area contributed by atoms with E-state index in [9.17, 15) is 19.2 Å². The van der Waals surface area contributed by atoms with Gasteiger partial charge in [0, 0.05) is 21.5 Å². The Balaban J connectivity index is 2.04. The van der Waals surface area contributed by atoms with Crippen molar-refractivity contribution in [3.05, 3.63) is 81.1 Å². The molecule has 0 radical (unpaired) electrons. The van der Waals surface area contributed by atoms with Crippen molar-refractivity contribution in [2.24, 2.45) is 0 Å². The van der Waals surface area contributed by atoms with Crippen LogP contribution in [-0.2, 0) is 9.53 Å². The summed E-state index contributed by atoms with van der Waals surface area (Å²) in [5, 5.41) is 1.12. The summed E-state index contributed by atoms with van der Waals surface area (Å²) in [7, 11) is 0. The molecule has 33 heavy (non-hydrogen) atoms. The Morgan fingerprint density at radius 2 is 1.27 bits per heavy atom. The van der Waals surface area contributed by atoms with Crippen molar-refractivity contribution in [1.29, 1.82) is 0 Å². The van der Waals surface area contributed by atoms with Crippen LogP contribution in [0.3, 0.4) is 0 Å². The number of ether oxygens (including phenoxy) is 1. The van der Waals surface area contributed by atoms with Crippen LogP contribution in [0.25, 0.3) is 43.6 Å². The van der Waals surface area contributed by atoms with Crippen molar-refractivity contribution >= 4 is 56.1 Å². The van der Waals surface area contributed by atoms with Gasteiger partial charge in [-0.2, -0.15) is 0 Å². The van der Waals surface area contributed by atoms with Crippen LogP contribution in [0.2, 0.25) is 0 Å². The lowest BCUT2D eigenvalue weighted by atomic mass is 10.0. The number of aromatic nitrogens is 2. The minimum absolute atomic E-state index is 0.206. The van der Waals surface area contributed by atoms with Crippen LogP contribution in [0.1, 0.15) is 20.8 Å². The standard InChI is InChI=1S/C26H20N2O5/c1-26(2,3)33-25(32)28-20-11-7-5-9-16(20)24(31)18-12-21-17(13-22(18)28)23(30)15-8-4-6-10-19(15)27(21)14-29/h4-14H,1-3H3. The zero-order chi connectivity index (χ0) is 23.5. The molecule has 164 valence electrons. The van der Waals surface area contributed by atoms with Gasteiger partial charge >= 0.3 is 6.09 Å². The third-order valence-corrected chi connectivity index (χ3v) is 5.58. The van der Waals surface area contributed by atoms with Crippen molar-refractivity contribution < 1.29 is 14.3 Å². The van der Waals surface area contributed by atoms with Gasteiger partial charge in [0.1, 0.15) is 5.60 Å².